The molecule has 2 aliphatic heterocycles. The first-order valence-corrected chi connectivity index (χ1v) is 9.50. The summed E-state index contributed by atoms with van der Waals surface area (Å²) in [5.41, 5.74) is -0.630. The van der Waals surface area contributed by atoms with Crippen molar-refractivity contribution >= 4 is 13.1 Å². The van der Waals surface area contributed by atoms with Crippen LogP contribution in [0.4, 0.5) is 5.95 Å². The van der Waals surface area contributed by atoms with Crippen LogP contribution in [0.1, 0.15) is 40.5 Å². The molecule has 150 valence electrons. The second-order valence-electron chi connectivity index (χ2n) is 8.55. The van der Waals surface area contributed by atoms with Crippen LogP contribution in [0.2, 0.25) is 5.82 Å². The van der Waals surface area contributed by atoms with Crippen molar-refractivity contribution in [2.75, 3.05) is 19.6 Å². The summed E-state index contributed by atoms with van der Waals surface area (Å²) in [7, 11) is -0.185. The highest BCUT2D eigenvalue weighted by atomic mass is 16.7. The summed E-state index contributed by atoms with van der Waals surface area (Å²) < 4.78 is 13.7. The highest BCUT2D eigenvalue weighted by molar-refractivity contribution is 6.47. The quantitative estimate of drug-likeness (QED) is 0.455. The molecule has 27 heavy (non-hydrogen) atoms. The van der Waals surface area contributed by atoms with Crippen LogP contribution < -0.4 is 0 Å². The number of aromatic nitrogens is 2. The number of nitrogens with zero attached hydrogens (tertiary/aromatic N) is 4. The van der Waals surface area contributed by atoms with Crippen LogP contribution in [0, 0.1) is 10.1 Å². The molecule has 0 radical (unpaired) electrons. The molecule has 9 nitrogen and oxygen atoms in total. The maximum absolute atomic E-state index is 10.9. The maximum Gasteiger partial charge on any atom is 0.461 e. The predicted molar refractivity (Wildman–Crippen MR) is 100 cm³/mol. The molecule has 1 atom stereocenters. The van der Waals surface area contributed by atoms with Crippen molar-refractivity contribution in [3.8, 4) is 0 Å². The van der Waals surface area contributed by atoms with E-state index in [0.29, 0.717) is 12.4 Å². The lowest BCUT2D eigenvalue weighted by molar-refractivity contribution is -0.397. The van der Waals surface area contributed by atoms with Crippen LogP contribution >= 0.6 is 0 Å². The number of likely N-dealkylation sites (tertiary alicyclic amines) is 1. The highest BCUT2D eigenvalue weighted by Gasteiger charge is 2.53. The molecule has 1 N–H and O–H groups in total. The van der Waals surface area contributed by atoms with E-state index in [1.54, 1.807) is 0 Å². The monoisotopic (exact) mass is 380 g/mol. The third-order valence-corrected chi connectivity index (χ3v) is 6.02. The van der Waals surface area contributed by atoms with Gasteiger partial charge in [0.05, 0.1) is 23.9 Å². The van der Waals surface area contributed by atoms with E-state index in [2.05, 4.69) is 37.6 Å². The molecule has 1 aromatic heterocycles. The molecule has 3 heterocycles. The average molecular weight is 380 g/mol. The van der Waals surface area contributed by atoms with Gasteiger partial charge >= 0.3 is 13.1 Å². The summed E-state index contributed by atoms with van der Waals surface area (Å²) in [4.78, 5) is 16.3. The Morgan fingerprint density at radius 2 is 1.89 bits per heavy atom. The Hall–Kier alpha value is -1.49. The molecular formula is C17H29BN4O5. The molecule has 2 fully saturated rings. The van der Waals surface area contributed by atoms with Gasteiger partial charge in [-0.3, -0.25) is 0 Å². The minimum absolute atomic E-state index is 0.160. The van der Waals surface area contributed by atoms with E-state index >= 15 is 0 Å². The Morgan fingerprint density at radius 3 is 2.44 bits per heavy atom. The van der Waals surface area contributed by atoms with Gasteiger partial charge in [0.2, 0.25) is 0 Å². The number of imidazole rings is 1. The Bertz CT molecular complexity index is 656. The Labute approximate surface area is 159 Å². The minimum atomic E-state index is -0.689. The van der Waals surface area contributed by atoms with Gasteiger partial charge in [-0.25, -0.2) is 4.57 Å². The van der Waals surface area contributed by atoms with E-state index in [1.165, 1.54) is 17.0 Å². The second-order valence-corrected chi connectivity index (χ2v) is 8.55. The summed E-state index contributed by atoms with van der Waals surface area (Å²) in [6, 6.07) is 0. The molecule has 0 aromatic carbocycles. The van der Waals surface area contributed by atoms with Crippen LogP contribution in [-0.2, 0) is 15.9 Å². The number of β-amino-alcohol motifs (C(OH)–C–C–N with tert-alkyl or cyclic N) is 1. The van der Waals surface area contributed by atoms with E-state index in [-0.39, 0.29) is 30.8 Å². The molecule has 0 saturated carbocycles. The van der Waals surface area contributed by atoms with Crippen LogP contribution in [0.25, 0.3) is 0 Å². The lowest BCUT2D eigenvalue weighted by atomic mass is 9.67. The topological polar surface area (TPSA) is 103 Å². The second kappa shape index (κ2) is 7.50. The van der Waals surface area contributed by atoms with Crippen molar-refractivity contribution < 1.29 is 19.3 Å². The molecule has 1 unspecified atom stereocenters. The number of piperidine rings is 1. The van der Waals surface area contributed by atoms with E-state index in [0.717, 1.165) is 25.9 Å². The zero-order valence-corrected chi connectivity index (χ0v) is 16.5. The summed E-state index contributed by atoms with van der Waals surface area (Å²) in [6.45, 7) is 10.6. The number of aliphatic hydroxyl groups excluding tert-OH is 1. The fourth-order valence-corrected chi connectivity index (χ4v) is 3.69. The van der Waals surface area contributed by atoms with E-state index in [9.17, 15) is 15.2 Å². The maximum atomic E-state index is 10.9. The number of hydrogen-bond donors (Lipinski definition) is 1. The average Bonchev–Trinajstić information content (AvgIpc) is 3.10. The van der Waals surface area contributed by atoms with Crippen molar-refractivity contribution in [1.29, 1.82) is 0 Å². The number of hydrogen-bond acceptors (Lipinski definition) is 7. The fraction of sp³-hybridized carbons (Fsp3) is 0.824. The van der Waals surface area contributed by atoms with Gasteiger partial charge < -0.3 is 29.4 Å². The van der Waals surface area contributed by atoms with Crippen molar-refractivity contribution in [3.05, 3.63) is 22.5 Å². The normalized spacial score (nSPS) is 24.3. The highest BCUT2D eigenvalue weighted by Crippen LogP contribution is 2.42. The zero-order chi connectivity index (χ0) is 19.8. The van der Waals surface area contributed by atoms with Crippen molar-refractivity contribution in [2.24, 2.45) is 0 Å². The van der Waals surface area contributed by atoms with Crippen molar-refractivity contribution in [3.63, 3.8) is 0 Å². The lowest BCUT2D eigenvalue weighted by Crippen LogP contribution is -2.42. The van der Waals surface area contributed by atoms with Crippen molar-refractivity contribution in [2.45, 2.75) is 70.2 Å². The fourth-order valence-electron chi connectivity index (χ4n) is 3.69. The van der Waals surface area contributed by atoms with Gasteiger partial charge in [-0.2, -0.15) is 0 Å². The molecule has 1 aromatic rings. The van der Waals surface area contributed by atoms with Gasteiger partial charge in [0.1, 0.15) is 12.4 Å². The third kappa shape index (κ3) is 4.34. The van der Waals surface area contributed by atoms with Crippen LogP contribution in [0.5, 0.6) is 0 Å². The van der Waals surface area contributed by atoms with Gasteiger partial charge in [0, 0.05) is 6.54 Å². The first-order valence-electron chi connectivity index (χ1n) is 9.50. The SMILES string of the molecule is CC1(C)OB(C2CCN(CC(O)Cn3ccnc3[N+](=O)[O-])CC2)OC1(C)C. The molecule has 10 heteroatoms. The zero-order valence-electron chi connectivity index (χ0n) is 16.5. The van der Waals surface area contributed by atoms with E-state index < -0.39 is 11.0 Å². The molecule has 0 aliphatic carbocycles. The summed E-state index contributed by atoms with van der Waals surface area (Å²) in [5.74, 6) is 0.0997. The van der Waals surface area contributed by atoms with Gasteiger partial charge in [0.25, 0.3) is 0 Å². The summed E-state index contributed by atoms with van der Waals surface area (Å²) in [6.07, 6.45) is 4.09. The molecule has 2 aliphatic rings. The number of nitro groups is 1. The van der Waals surface area contributed by atoms with Gasteiger partial charge in [-0.1, -0.05) is 4.98 Å². The first kappa shape index (κ1) is 20.3. The van der Waals surface area contributed by atoms with Crippen molar-refractivity contribution in [1.82, 2.24) is 14.5 Å². The Morgan fingerprint density at radius 1 is 1.30 bits per heavy atom. The van der Waals surface area contributed by atoms with Gasteiger partial charge in [-0.15, -0.1) is 0 Å². The Kier molecular flexibility index (Phi) is 5.63. The molecule has 0 amide bonds. The van der Waals surface area contributed by atoms with E-state index in [1.807, 2.05) is 0 Å². The largest absolute Gasteiger partial charge is 0.461 e. The van der Waals surface area contributed by atoms with Crippen LogP contribution in [0.15, 0.2) is 12.4 Å². The third-order valence-electron chi connectivity index (χ3n) is 6.02. The molecule has 0 bridgehead atoms. The number of rotatable bonds is 6. The molecule has 3 rings (SSSR count). The first-order chi connectivity index (χ1) is 12.6. The number of aliphatic hydroxyl groups is 1. The van der Waals surface area contributed by atoms with Gasteiger partial charge in [0.15, 0.2) is 0 Å². The smallest absolute Gasteiger partial charge is 0.403 e. The Balaban J connectivity index is 1.47. The molecule has 2 saturated heterocycles. The molecule has 0 spiro atoms. The van der Waals surface area contributed by atoms with Gasteiger partial charge in [-0.05, 0) is 64.4 Å². The predicted octanol–water partition coefficient (Wildman–Crippen LogP) is 1.71. The lowest BCUT2D eigenvalue weighted by Gasteiger charge is -2.33. The summed E-state index contributed by atoms with van der Waals surface area (Å²) in [5, 5.41) is 21.2. The molecular weight excluding hydrogens is 351 g/mol. The van der Waals surface area contributed by atoms with Crippen LogP contribution in [0.3, 0.4) is 0 Å². The standard InChI is InChI=1S/C17H29BN4O5/c1-16(2)17(3,4)27-18(26-16)13-5-8-20(9-6-13)11-14(23)12-21-10-7-19-15(21)22(24)25/h7,10,13-14,23H,5-6,8-9,11-12H2,1-4H3. The van der Waals surface area contributed by atoms with Crippen LogP contribution in [-0.4, -0.2) is 68.5 Å². The van der Waals surface area contributed by atoms with E-state index in [4.69, 9.17) is 9.31 Å². The minimum Gasteiger partial charge on any atom is -0.403 e. The summed E-state index contributed by atoms with van der Waals surface area (Å²) >= 11 is 0.